The molecule has 1 heterocycles. The summed E-state index contributed by atoms with van der Waals surface area (Å²) in [7, 11) is 2.09. The second kappa shape index (κ2) is 7.36. The lowest BCUT2D eigenvalue weighted by molar-refractivity contribution is -0.138. The Morgan fingerprint density at radius 3 is 2.72 bits per heavy atom. The van der Waals surface area contributed by atoms with Crippen molar-refractivity contribution in [1.29, 1.82) is 0 Å². The van der Waals surface area contributed by atoms with Crippen molar-refractivity contribution < 1.29 is 14.7 Å². The van der Waals surface area contributed by atoms with Gasteiger partial charge in [-0.2, -0.15) is 0 Å². The van der Waals surface area contributed by atoms with Crippen LogP contribution in [0.1, 0.15) is 39.0 Å². The molecule has 0 aliphatic carbocycles. The van der Waals surface area contributed by atoms with Crippen molar-refractivity contribution in [2.75, 3.05) is 20.1 Å². The topological polar surface area (TPSA) is 69.6 Å². The van der Waals surface area contributed by atoms with Crippen molar-refractivity contribution in [3.05, 3.63) is 0 Å². The van der Waals surface area contributed by atoms with Crippen LogP contribution in [0.3, 0.4) is 0 Å². The van der Waals surface area contributed by atoms with Crippen molar-refractivity contribution in [2.24, 2.45) is 5.92 Å². The number of carboxylic acid groups (broad SMARTS) is 1. The van der Waals surface area contributed by atoms with Gasteiger partial charge in [0.15, 0.2) is 0 Å². The first-order valence-corrected chi connectivity index (χ1v) is 6.67. The van der Waals surface area contributed by atoms with Crippen LogP contribution in [0.4, 0.5) is 0 Å². The second-order valence-electron chi connectivity index (χ2n) is 5.34. The van der Waals surface area contributed by atoms with Crippen LogP contribution >= 0.6 is 0 Å². The molecule has 0 aromatic carbocycles. The number of nitrogens with one attached hydrogen (secondary N) is 1. The van der Waals surface area contributed by atoms with Crippen LogP contribution in [0.25, 0.3) is 0 Å². The lowest BCUT2D eigenvalue weighted by Crippen LogP contribution is -2.44. The molecule has 5 nitrogen and oxygen atoms in total. The summed E-state index contributed by atoms with van der Waals surface area (Å²) in [4.78, 5) is 24.4. The van der Waals surface area contributed by atoms with E-state index in [0.717, 1.165) is 13.0 Å². The van der Waals surface area contributed by atoms with Gasteiger partial charge in [0.05, 0.1) is 0 Å². The molecule has 5 heteroatoms. The molecule has 0 aromatic heterocycles. The zero-order valence-corrected chi connectivity index (χ0v) is 11.3. The summed E-state index contributed by atoms with van der Waals surface area (Å²) in [5.74, 6) is -0.989. The SMILES string of the molecule is CC(CC(=O)O)CC(=O)NCC1CCCCN1C. The minimum Gasteiger partial charge on any atom is -0.481 e. The van der Waals surface area contributed by atoms with Gasteiger partial charge in [-0.25, -0.2) is 0 Å². The van der Waals surface area contributed by atoms with Crippen molar-refractivity contribution in [3.8, 4) is 0 Å². The molecule has 1 rings (SSSR count). The van der Waals surface area contributed by atoms with Gasteiger partial charge in [0, 0.05) is 25.4 Å². The first kappa shape index (κ1) is 15.0. The van der Waals surface area contributed by atoms with Crippen LogP contribution in [0.5, 0.6) is 0 Å². The highest BCUT2D eigenvalue weighted by Gasteiger charge is 2.20. The van der Waals surface area contributed by atoms with Crippen molar-refractivity contribution >= 4 is 11.9 Å². The van der Waals surface area contributed by atoms with Gasteiger partial charge in [0.2, 0.25) is 5.91 Å². The van der Waals surface area contributed by atoms with Crippen LogP contribution in [0, 0.1) is 5.92 Å². The number of likely N-dealkylation sites (tertiary alicyclic amines) is 1. The number of carboxylic acids is 1. The number of hydrogen-bond donors (Lipinski definition) is 2. The predicted octanol–water partition coefficient (Wildman–Crippen LogP) is 1.09. The Hall–Kier alpha value is -1.10. The molecule has 1 aliphatic heterocycles. The molecule has 0 aromatic rings. The maximum Gasteiger partial charge on any atom is 0.303 e. The number of piperidine rings is 1. The van der Waals surface area contributed by atoms with E-state index in [-0.39, 0.29) is 18.2 Å². The summed E-state index contributed by atoms with van der Waals surface area (Å²) in [6, 6.07) is 0.428. The van der Waals surface area contributed by atoms with Crippen LogP contribution in [0.15, 0.2) is 0 Å². The van der Waals surface area contributed by atoms with Crippen molar-refractivity contribution in [2.45, 2.75) is 45.1 Å². The van der Waals surface area contributed by atoms with Gasteiger partial charge in [0.25, 0.3) is 0 Å². The highest BCUT2D eigenvalue weighted by molar-refractivity contribution is 5.77. The van der Waals surface area contributed by atoms with Gasteiger partial charge in [-0.15, -0.1) is 0 Å². The smallest absolute Gasteiger partial charge is 0.303 e. The molecule has 0 saturated carbocycles. The number of carbonyl (C=O) groups is 2. The summed E-state index contributed by atoms with van der Waals surface area (Å²) in [6.07, 6.45) is 3.93. The van der Waals surface area contributed by atoms with Gasteiger partial charge < -0.3 is 15.3 Å². The molecular formula is C13H24N2O3. The highest BCUT2D eigenvalue weighted by Crippen LogP contribution is 2.14. The molecule has 1 saturated heterocycles. The molecule has 1 aliphatic rings. The van der Waals surface area contributed by atoms with E-state index in [1.54, 1.807) is 6.92 Å². The molecule has 1 fully saturated rings. The molecule has 2 unspecified atom stereocenters. The van der Waals surface area contributed by atoms with Gasteiger partial charge in [0.1, 0.15) is 0 Å². The van der Waals surface area contributed by atoms with E-state index in [4.69, 9.17) is 5.11 Å². The van der Waals surface area contributed by atoms with Crippen LogP contribution in [0.2, 0.25) is 0 Å². The molecule has 1 amide bonds. The number of carbonyl (C=O) groups excluding carboxylic acids is 1. The molecule has 0 radical (unpaired) electrons. The third-order valence-electron chi connectivity index (χ3n) is 3.51. The minimum absolute atomic E-state index is 0.0391. The molecule has 18 heavy (non-hydrogen) atoms. The fourth-order valence-corrected chi connectivity index (χ4v) is 2.39. The Morgan fingerprint density at radius 2 is 2.11 bits per heavy atom. The standard InChI is InChI=1S/C13H24N2O3/c1-10(8-13(17)18)7-12(16)14-9-11-5-3-4-6-15(11)2/h10-11H,3-9H2,1-2H3,(H,14,16)(H,17,18). The average molecular weight is 256 g/mol. The first-order valence-electron chi connectivity index (χ1n) is 6.67. The summed E-state index contributed by atoms with van der Waals surface area (Å²) >= 11 is 0. The summed E-state index contributed by atoms with van der Waals surface area (Å²) in [5.41, 5.74) is 0. The number of nitrogens with zero attached hydrogens (tertiary/aromatic N) is 1. The van der Waals surface area contributed by atoms with Gasteiger partial charge in [-0.1, -0.05) is 13.3 Å². The maximum atomic E-state index is 11.7. The van der Waals surface area contributed by atoms with Gasteiger partial charge in [-0.05, 0) is 32.4 Å². The Balaban J connectivity index is 2.21. The summed E-state index contributed by atoms with van der Waals surface area (Å²) in [5, 5.41) is 11.5. The zero-order valence-electron chi connectivity index (χ0n) is 11.3. The maximum absolute atomic E-state index is 11.7. The average Bonchev–Trinajstić information content (AvgIpc) is 2.26. The molecular weight excluding hydrogens is 232 g/mol. The predicted molar refractivity (Wildman–Crippen MR) is 69.3 cm³/mol. The molecule has 2 N–H and O–H groups in total. The number of rotatable bonds is 6. The van der Waals surface area contributed by atoms with E-state index in [2.05, 4.69) is 17.3 Å². The fourth-order valence-electron chi connectivity index (χ4n) is 2.39. The monoisotopic (exact) mass is 256 g/mol. The third-order valence-corrected chi connectivity index (χ3v) is 3.51. The van der Waals surface area contributed by atoms with Crippen LogP contribution < -0.4 is 5.32 Å². The molecule has 104 valence electrons. The molecule has 0 bridgehead atoms. The van der Waals surface area contributed by atoms with E-state index in [0.29, 0.717) is 19.0 Å². The fraction of sp³-hybridized carbons (Fsp3) is 0.846. The highest BCUT2D eigenvalue weighted by atomic mass is 16.4. The van der Waals surface area contributed by atoms with Crippen molar-refractivity contribution in [3.63, 3.8) is 0 Å². The van der Waals surface area contributed by atoms with E-state index in [1.165, 1.54) is 12.8 Å². The van der Waals surface area contributed by atoms with E-state index >= 15 is 0 Å². The third kappa shape index (κ3) is 5.49. The number of likely N-dealkylation sites (N-methyl/N-ethyl adjacent to an activating group) is 1. The molecule has 2 atom stereocenters. The number of hydrogen-bond acceptors (Lipinski definition) is 3. The lowest BCUT2D eigenvalue weighted by atomic mass is 10.0. The number of amides is 1. The molecule has 0 spiro atoms. The normalized spacial score (nSPS) is 22.4. The summed E-state index contributed by atoms with van der Waals surface area (Å²) in [6.45, 7) is 3.56. The van der Waals surface area contributed by atoms with E-state index < -0.39 is 5.97 Å². The largest absolute Gasteiger partial charge is 0.481 e. The Labute approximate surface area is 109 Å². The zero-order chi connectivity index (χ0) is 13.5. The second-order valence-corrected chi connectivity index (χ2v) is 5.34. The van der Waals surface area contributed by atoms with Crippen LogP contribution in [-0.2, 0) is 9.59 Å². The minimum atomic E-state index is -0.845. The summed E-state index contributed by atoms with van der Waals surface area (Å²) < 4.78 is 0. The first-order chi connectivity index (χ1) is 8.49. The van der Waals surface area contributed by atoms with Crippen LogP contribution in [-0.4, -0.2) is 48.1 Å². The van der Waals surface area contributed by atoms with E-state index in [9.17, 15) is 9.59 Å². The Morgan fingerprint density at radius 1 is 1.39 bits per heavy atom. The van der Waals surface area contributed by atoms with E-state index in [1.807, 2.05) is 0 Å². The quantitative estimate of drug-likeness (QED) is 0.746. The number of aliphatic carboxylic acids is 1. The Kier molecular flexibility index (Phi) is 6.12. The van der Waals surface area contributed by atoms with Gasteiger partial charge in [-0.3, -0.25) is 9.59 Å². The Bertz CT molecular complexity index is 294. The van der Waals surface area contributed by atoms with Gasteiger partial charge >= 0.3 is 5.97 Å². The van der Waals surface area contributed by atoms with Crippen molar-refractivity contribution in [1.82, 2.24) is 10.2 Å². The lowest BCUT2D eigenvalue weighted by Gasteiger charge is -2.32.